The second-order valence-corrected chi connectivity index (χ2v) is 6.10. The zero-order chi connectivity index (χ0) is 19.7. The minimum atomic E-state index is -0.309. The summed E-state index contributed by atoms with van der Waals surface area (Å²) in [6.07, 6.45) is 0. The Labute approximate surface area is 161 Å². The molecule has 1 aromatic heterocycles. The Kier molecular flexibility index (Phi) is 4.60. The van der Waals surface area contributed by atoms with Crippen LogP contribution in [0.1, 0.15) is 10.5 Å². The van der Waals surface area contributed by atoms with Gasteiger partial charge in [-0.1, -0.05) is 0 Å². The molecule has 0 radical (unpaired) electrons. The summed E-state index contributed by atoms with van der Waals surface area (Å²) in [4.78, 5) is 15.9. The van der Waals surface area contributed by atoms with E-state index in [0.717, 1.165) is 0 Å². The molecule has 0 aliphatic carbocycles. The highest BCUT2D eigenvalue weighted by Gasteiger charge is 2.20. The van der Waals surface area contributed by atoms with Crippen LogP contribution in [0, 0.1) is 0 Å². The van der Waals surface area contributed by atoms with Crippen LogP contribution in [-0.4, -0.2) is 45.4 Å². The summed E-state index contributed by atoms with van der Waals surface area (Å²) >= 11 is 0. The molecule has 0 unspecified atom stereocenters. The summed E-state index contributed by atoms with van der Waals surface area (Å²) in [5.74, 6) is 2.53. The largest absolute Gasteiger partial charge is 0.496 e. The second-order valence-electron chi connectivity index (χ2n) is 6.10. The molecule has 0 saturated heterocycles. The van der Waals surface area contributed by atoms with Crippen LogP contribution in [0.25, 0.3) is 10.9 Å². The number of methoxy groups -OCH3 is 3. The lowest BCUT2D eigenvalue weighted by Crippen LogP contribution is -2.16. The highest BCUT2D eigenvalue weighted by Crippen LogP contribution is 2.41. The summed E-state index contributed by atoms with van der Waals surface area (Å²) < 4.78 is 27.3. The maximum atomic E-state index is 12.8. The third-order valence-electron chi connectivity index (χ3n) is 4.48. The Bertz CT molecular complexity index is 1040. The van der Waals surface area contributed by atoms with Gasteiger partial charge in [0.25, 0.3) is 5.91 Å². The number of carbonyl (C=O) groups is 1. The number of amides is 1. The van der Waals surface area contributed by atoms with Crippen LogP contribution < -0.4 is 29.0 Å². The molecule has 0 bridgehead atoms. The van der Waals surface area contributed by atoms with E-state index in [9.17, 15) is 4.79 Å². The van der Waals surface area contributed by atoms with Gasteiger partial charge in [0, 0.05) is 23.2 Å². The standard InChI is InChI=1S/C20H20N2O6/c1-24-15-10-17(25-2)19(26-3)18-12(15)9-13(22-18)20(23)21-11-4-5-14-16(8-11)28-7-6-27-14/h4-5,8-10,22H,6-7H2,1-3H3,(H,21,23). The molecule has 2 heterocycles. The predicted octanol–water partition coefficient (Wildman–Crippen LogP) is 3.22. The third-order valence-corrected chi connectivity index (χ3v) is 4.48. The van der Waals surface area contributed by atoms with Crippen molar-refractivity contribution < 1.29 is 28.5 Å². The highest BCUT2D eigenvalue weighted by molar-refractivity contribution is 6.08. The molecular formula is C20H20N2O6. The second kappa shape index (κ2) is 7.22. The van der Waals surface area contributed by atoms with Crippen LogP contribution in [0.2, 0.25) is 0 Å². The van der Waals surface area contributed by atoms with Crippen molar-refractivity contribution >= 4 is 22.5 Å². The molecule has 2 N–H and O–H groups in total. The number of nitrogens with one attached hydrogen (secondary N) is 2. The van der Waals surface area contributed by atoms with Gasteiger partial charge in [-0.05, 0) is 18.2 Å². The van der Waals surface area contributed by atoms with E-state index < -0.39 is 0 Å². The fraction of sp³-hybridized carbons (Fsp3) is 0.250. The smallest absolute Gasteiger partial charge is 0.272 e. The molecule has 3 aromatic rings. The molecule has 8 heteroatoms. The van der Waals surface area contributed by atoms with Crippen LogP contribution in [-0.2, 0) is 0 Å². The Hall–Kier alpha value is -3.55. The van der Waals surface area contributed by atoms with Gasteiger partial charge in [-0.2, -0.15) is 0 Å². The van der Waals surface area contributed by atoms with Crippen molar-refractivity contribution in [2.24, 2.45) is 0 Å². The summed E-state index contributed by atoms with van der Waals surface area (Å²) in [5, 5.41) is 3.57. The number of aromatic nitrogens is 1. The first-order valence-electron chi connectivity index (χ1n) is 8.67. The van der Waals surface area contributed by atoms with Crippen molar-refractivity contribution in [1.82, 2.24) is 4.98 Å². The van der Waals surface area contributed by atoms with E-state index in [0.29, 0.717) is 64.2 Å². The monoisotopic (exact) mass is 384 g/mol. The zero-order valence-electron chi connectivity index (χ0n) is 15.8. The fourth-order valence-corrected chi connectivity index (χ4v) is 3.18. The van der Waals surface area contributed by atoms with E-state index in [1.165, 1.54) is 0 Å². The third kappa shape index (κ3) is 3.02. The number of aromatic amines is 1. The minimum Gasteiger partial charge on any atom is -0.496 e. The average molecular weight is 384 g/mol. The van der Waals surface area contributed by atoms with E-state index in [4.69, 9.17) is 23.7 Å². The molecule has 0 fully saturated rings. The van der Waals surface area contributed by atoms with Crippen molar-refractivity contribution in [1.29, 1.82) is 0 Å². The average Bonchev–Trinajstić information content (AvgIpc) is 3.17. The SMILES string of the molecule is COc1cc(OC)c2cc(C(=O)Nc3ccc4c(c3)OCCO4)[nH]c2c1OC. The van der Waals surface area contributed by atoms with Crippen LogP contribution in [0.5, 0.6) is 28.7 Å². The molecule has 4 rings (SSSR count). The van der Waals surface area contributed by atoms with Crippen LogP contribution >= 0.6 is 0 Å². The van der Waals surface area contributed by atoms with Gasteiger partial charge in [0.15, 0.2) is 23.0 Å². The summed E-state index contributed by atoms with van der Waals surface area (Å²) in [6, 6.07) is 8.70. The topological polar surface area (TPSA) is 91.0 Å². The molecule has 0 saturated carbocycles. The highest BCUT2D eigenvalue weighted by atomic mass is 16.6. The van der Waals surface area contributed by atoms with Gasteiger partial charge < -0.3 is 34.0 Å². The zero-order valence-corrected chi connectivity index (χ0v) is 15.8. The van der Waals surface area contributed by atoms with E-state index >= 15 is 0 Å². The molecule has 146 valence electrons. The lowest BCUT2D eigenvalue weighted by Gasteiger charge is -2.18. The van der Waals surface area contributed by atoms with Gasteiger partial charge >= 0.3 is 0 Å². The van der Waals surface area contributed by atoms with E-state index in [-0.39, 0.29) is 5.91 Å². The molecule has 1 aliphatic heterocycles. The molecule has 0 atom stereocenters. The van der Waals surface area contributed by atoms with Crippen molar-refractivity contribution in [2.45, 2.75) is 0 Å². The number of hydrogen-bond donors (Lipinski definition) is 2. The van der Waals surface area contributed by atoms with Crippen LogP contribution in [0.15, 0.2) is 30.3 Å². The van der Waals surface area contributed by atoms with Crippen molar-refractivity contribution in [3.8, 4) is 28.7 Å². The molecule has 1 aliphatic rings. The maximum Gasteiger partial charge on any atom is 0.272 e. The number of benzene rings is 2. The van der Waals surface area contributed by atoms with E-state index in [2.05, 4.69) is 10.3 Å². The number of hydrogen-bond acceptors (Lipinski definition) is 6. The lowest BCUT2D eigenvalue weighted by molar-refractivity contribution is 0.102. The molecule has 1 amide bonds. The Morgan fingerprint density at radius 3 is 2.43 bits per heavy atom. The quantitative estimate of drug-likeness (QED) is 0.702. The number of carbonyl (C=O) groups excluding carboxylic acids is 1. The Balaban J connectivity index is 1.68. The van der Waals surface area contributed by atoms with Crippen LogP contribution in [0.4, 0.5) is 5.69 Å². The lowest BCUT2D eigenvalue weighted by atomic mass is 10.2. The minimum absolute atomic E-state index is 0.309. The number of rotatable bonds is 5. The summed E-state index contributed by atoms with van der Waals surface area (Å²) in [7, 11) is 4.64. The van der Waals surface area contributed by atoms with Gasteiger partial charge in [0.1, 0.15) is 24.7 Å². The molecule has 8 nitrogen and oxygen atoms in total. The van der Waals surface area contributed by atoms with E-state index in [1.54, 1.807) is 51.7 Å². The first kappa shape index (κ1) is 17.8. The molecular weight excluding hydrogens is 364 g/mol. The number of ether oxygens (including phenoxy) is 5. The van der Waals surface area contributed by atoms with Gasteiger partial charge in [0.2, 0.25) is 0 Å². The normalized spacial score (nSPS) is 12.5. The fourth-order valence-electron chi connectivity index (χ4n) is 3.18. The Morgan fingerprint density at radius 2 is 1.71 bits per heavy atom. The van der Waals surface area contributed by atoms with Crippen molar-refractivity contribution in [2.75, 3.05) is 39.9 Å². The van der Waals surface area contributed by atoms with Gasteiger partial charge in [-0.3, -0.25) is 4.79 Å². The first-order chi connectivity index (χ1) is 13.6. The van der Waals surface area contributed by atoms with Gasteiger partial charge in [0.05, 0.1) is 26.8 Å². The first-order valence-corrected chi connectivity index (χ1v) is 8.67. The maximum absolute atomic E-state index is 12.8. The van der Waals surface area contributed by atoms with Crippen LogP contribution in [0.3, 0.4) is 0 Å². The van der Waals surface area contributed by atoms with E-state index in [1.807, 2.05) is 0 Å². The van der Waals surface area contributed by atoms with Crippen molar-refractivity contribution in [3.05, 3.63) is 36.0 Å². The molecule has 0 spiro atoms. The summed E-state index contributed by atoms with van der Waals surface area (Å²) in [6.45, 7) is 0.995. The molecule has 28 heavy (non-hydrogen) atoms. The molecule has 2 aromatic carbocycles. The number of anilines is 1. The van der Waals surface area contributed by atoms with Crippen molar-refractivity contribution in [3.63, 3.8) is 0 Å². The predicted molar refractivity (Wildman–Crippen MR) is 103 cm³/mol. The number of fused-ring (bicyclic) bond motifs is 2. The Morgan fingerprint density at radius 1 is 0.964 bits per heavy atom. The summed E-state index contributed by atoms with van der Waals surface area (Å²) in [5.41, 5.74) is 1.57. The van der Waals surface area contributed by atoms with Gasteiger partial charge in [-0.15, -0.1) is 0 Å². The number of H-pyrrole nitrogens is 1. The van der Waals surface area contributed by atoms with Gasteiger partial charge in [-0.25, -0.2) is 0 Å².